The van der Waals surface area contributed by atoms with Crippen molar-refractivity contribution in [2.45, 2.75) is 30.0 Å². The molecule has 1 heterocycles. The summed E-state index contributed by atoms with van der Waals surface area (Å²) in [6.07, 6.45) is 2.97. The first kappa shape index (κ1) is 24.6. The van der Waals surface area contributed by atoms with Gasteiger partial charge in [-0.1, -0.05) is 48.6 Å². The summed E-state index contributed by atoms with van der Waals surface area (Å²) >= 11 is 0. The zero-order valence-electron chi connectivity index (χ0n) is 18.1. The molecule has 6 nitrogen and oxygen atoms in total. The third-order valence-electron chi connectivity index (χ3n) is 5.40. The molecule has 0 amide bonds. The molecule has 35 heavy (non-hydrogen) atoms. The van der Waals surface area contributed by atoms with Crippen molar-refractivity contribution < 1.29 is 26.0 Å². The van der Waals surface area contributed by atoms with Gasteiger partial charge in [0.2, 0.25) is 16.0 Å². The molecule has 11 heteroatoms. The largest absolute Gasteiger partial charge is 0.408 e. The molecule has 1 aliphatic carbocycles. The summed E-state index contributed by atoms with van der Waals surface area (Å²) in [5, 5.41) is 0. The highest BCUT2D eigenvalue weighted by atomic mass is 32.2. The number of benzene rings is 2. The molecule has 182 valence electrons. The van der Waals surface area contributed by atoms with E-state index in [0.717, 1.165) is 6.07 Å². The van der Waals surface area contributed by atoms with Crippen LogP contribution in [0.4, 0.5) is 23.5 Å². The zero-order valence-corrected chi connectivity index (χ0v) is 18.9. The lowest BCUT2D eigenvalue weighted by Gasteiger charge is -2.24. The second kappa shape index (κ2) is 9.59. The van der Waals surface area contributed by atoms with Crippen LogP contribution in [0.15, 0.2) is 83.6 Å². The molecule has 1 atom stereocenters. The molecule has 1 aromatic heterocycles. The van der Waals surface area contributed by atoms with Gasteiger partial charge in [-0.05, 0) is 36.1 Å². The van der Waals surface area contributed by atoms with Gasteiger partial charge in [0, 0.05) is 29.1 Å². The summed E-state index contributed by atoms with van der Waals surface area (Å²) in [5.74, 6) is -0.671. The minimum Gasteiger partial charge on any atom is -0.368 e. The Bertz CT molecular complexity index is 1400. The van der Waals surface area contributed by atoms with Crippen LogP contribution in [-0.4, -0.2) is 30.6 Å². The number of rotatable bonds is 6. The predicted octanol–water partition coefficient (Wildman–Crippen LogP) is 5.02. The zero-order chi connectivity index (χ0) is 25.2. The average molecular weight is 505 g/mol. The average Bonchev–Trinajstić information content (AvgIpc) is 2.83. The van der Waals surface area contributed by atoms with Crippen molar-refractivity contribution >= 4 is 16.0 Å². The molecule has 1 unspecified atom stereocenters. The molecule has 3 N–H and O–H groups in total. The van der Waals surface area contributed by atoms with E-state index in [1.165, 1.54) is 60.9 Å². The second-order valence-corrected chi connectivity index (χ2v) is 9.48. The second-order valence-electron chi connectivity index (χ2n) is 7.80. The maximum Gasteiger partial charge on any atom is 0.408 e. The van der Waals surface area contributed by atoms with Gasteiger partial charge < -0.3 is 5.73 Å². The summed E-state index contributed by atoms with van der Waals surface area (Å²) in [7, 11) is -4.65. The third kappa shape index (κ3) is 5.41. The molecule has 0 bridgehead atoms. The number of nitrogens with one attached hydrogen (secondary N) is 1. The Morgan fingerprint density at radius 1 is 0.971 bits per heavy atom. The van der Waals surface area contributed by atoms with Gasteiger partial charge in [0.15, 0.2) is 0 Å². The molecule has 4 rings (SSSR count). The topological polar surface area (TPSA) is 98.0 Å². The Kier molecular flexibility index (Phi) is 6.73. The fourth-order valence-corrected chi connectivity index (χ4v) is 5.16. The monoisotopic (exact) mass is 504 g/mol. The number of hydrogen-bond acceptors (Lipinski definition) is 5. The number of anilines is 1. The van der Waals surface area contributed by atoms with Crippen LogP contribution in [0.3, 0.4) is 0 Å². The highest BCUT2D eigenvalue weighted by Crippen LogP contribution is 2.34. The Morgan fingerprint density at radius 3 is 2.31 bits per heavy atom. The van der Waals surface area contributed by atoms with Gasteiger partial charge >= 0.3 is 6.18 Å². The van der Waals surface area contributed by atoms with Crippen molar-refractivity contribution in [3.8, 4) is 22.3 Å². The Labute approximate surface area is 199 Å². The standard InChI is InChI=1S/C24H20F4N4O2S/c25-20-12-16(10-11-18(20)17-13-30-23(29)31-14-17)19-8-4-5-9-21(19)35(33,34)32-22(24(26,27)28)15-6-2-1-3-7-15/h2,4-14,22,32H,1,3H2,(H2,29,30,31). The predicted molar refractivity (Wildman–Crippen MR) is 124 cm³/mol. The van der Waals surface area contributed by atoms with Crippen LogP contribution < -0.4 is 10.5 Å². The van der Waals surface area contributed by atoms with Crippen molar-refractivity contribution in [2.75, 3.05) is 5.73 Å². The number of nitrogen functional groups attached to an aromatic ring is 1. The highest BCUT2D eigenvalue weighted by molar-refractivity contribution is 7.89. The van der Waals surface area contributed by atoms with Crippen LogP contribution in [0.5, 0.6) is 0 Å². The first-order valence-electron chi connectivity index (χ1n) is 10.5. The number of allylic oxidation sites excluding steroid dienone is 2. The van der Waals surface area contributed by atoms with E-state index in [9.17, 15) is 26.0 Å². The van der Waals surface area contributed by atoms with Gasteiger partial charge in [0.25, 0.3) is 0 Å². The maximum atomic E-state index is 14.9. The molecular weight excluding hydrogens is 484 g/mol. The minimum atomic E-state index is -4.86. The third-order valence-corrected chi connectivity index (χ3v) is 6.88. The van der Waals surface area contributed by atoms with Crippen LogP contribution in [0.2, 0.25) is 0 Å². The Balaban J connectivity index is 1.72. The lowest BCUT2D eigenvalue weighted by molar-refractivity contribution is -0.142. The quantitative estimate of drug-likeness (QED) is 0.460. The van der Waals surface area contributed by atoms with E-state index in [1.54, 1.807) is 10.8 Å². The fraction of sp³-hybridized carbons (Fsp3) is 0.167. The number of aromatic nitrogens is 2. The number of halogens is 4. The van der Waals surface area contributed by atoms with Crippen molar-refractivity contribution in [1.29, 1.82) is 0 Å². The molecule has 0 aliphatic heterocycles. The lowest BCUT2D eigenvalue weighted by Crippen LogP contribution is -2.46. The number of nitrogens with zero attached hydrogens (tertiary/aromatic N) is 2. The van der Waals surface area contributed by atoms with E-state index in [1.807, 2.05) is 0 Å². The van der Waals surface area contributed by atoms with Crippen molar-refractivity contribution in [2.24, 2.45) is 0 Å². The molecule has 0 saturated carbocycles. The van der Waals surface area contributed by atoms with Crippen molar-refractivity contribution in [3.05, 3.63) is 84.5 Å². The van der Waals surface area contributed by atoms with Crippen molar-refractivity contribution in [3.63, 3.8) is 0 Å². The van der Waals surface area contributed by atoms with Crippen LogP contribution in [0, 0.1) is 5.82 Å². The number of hydrogen-bond donors (Lipinski definition) is 2. The van der Waals surface area contributed by atoms with Gasteiger partial charge in [-0.25, -0.2) is 22.8 Å². The van der Waals surface area contributed by atoms with Gasteiger partial charge in [0.1, 0.15) is 11.9 Å². The molecule has 0 spiro atoms. The fourth-order valence-electron chi connectivity index (χ4n) is 3.72. The van der Waals surface area contributed by atoms with E-state index in [0.29, 0.717) is 18.4 Å². The smallest absolute Gasteiger partial charge is 0.368 e. The highest BCUT2D eigenvalue weighted by Gasteiger charge is 2.44. The van der Waals surface area contributed by atoms with Gasteiger partial charge in [-0.15, -0.1) is 0 Å². The number of nitrogens with two attached hydrogens (primary N) is 1. The summed E-state index contributed by atoms with van der Waals surface area (Å²) in [6, 6.07) is 7.05. The van der Waals surface area contributed by atoms with E-state index < -0.39 is 33.0 Å². The number of alkyl halides is 3. The van der Waals surface area contributed by atoms with E-state index in [4.69, 9.17) is 5.73 Å². The van der Waals surface area contributed by atoms with Crippen LogP contribution >= 0.6 is 0 Å². The summed E-state index contributed by atoms with van der Waals surface area (Å²) in [4.78, 5) is 7.24. The van der Waals surface area contributed by atoms with Crippen LogP contribution in [0.25, 0.3) is 22.3 Å². The maximum absolute atomic E-state index is 14.9. The van der Waals surface area contributed by atoms with E-state index >= 15 is 0 Å². The van der Waals surface area contributed by atoms with Gasteiger partial charge in [0.05, 0.1) is 4.90 Å². The van der Waals surface area contributed by atoms with E-state index in [2.05, 4.69) is 9.97 Å². The Morgan fingerprint density at radius 2 is 1.69 bits per heavy atom. The Hall–Kier alpha value is -3.57. The van der Waals surface area contributed by atoms with Crippen LogP contribution in [-0.2, 0) is 10.0 Å². The molecular formula is C24H20F4N4O2S. The first-order chi connectivity index (χ1) is 16.6. The summed E-state index contributed by atoms with van der Waals surface area (Å²) in [5.41, 5.74) is 6.00. The summed E-state index contributed by atoms with van der Waals surface area (Å²) < 4.78 is 84.4. The normalized spacial score (nSPS) is 15.0. The van der Waals surface area contributed by atoms with E-state index in [-0.39, 0.29) is 28.2 Å². The number of sulfonamides is 1. The lowest BCUT2D eigenvalue weighted by atomic mass is 10.0. The summed E-state index contributed by atoms with van der Waals surface area (Å²) in [6.45, 7) is 0. The molecule has 3 aromatic rings. The SMILES string of the molecule is Nc1ncc(-c2ccc(-c3ccccc3S(=O)(=O)NC(C3=CCCC=C3)C(F)(F)F)cc2F)cn1. The van der Waals surface area contributed by atoms with Crippen LogP contribution in [0.1, 0.15) is 12.8 Å². The minimum absolute atomic E-state index is 0.0223. The molecule has 2 aromatic carbocycles. The van der Waals surface area contributed by atoms with Crippen molar-refractivity contribution in [1.82, 2.24) is 14.7 Å². The van der Waals surface area contributed by atoms with Gasteiger partial charge in [-0.3, -0.25) is 0 Å². The van der Waals surface area contributed by atoms with Gasteiger partial charge in [-0.2, -0.15) is 17.9 Å². The molecule has 0 fully saturated rings. The molecule has 0 saturated heterocycles. The molecule has 1 aliphatic rings. The molecule has 0 radical (unpaired) electrons. The first-order valence-corrected chi connectivity index (χ1v) is 12.0.